The lowest BCUT2D eigenvalue weighted by Gasteiger charge is -2.13. The fraction of sp³-hybridized carbons (Fsp3) is 0.600. The minimum absolute atomic E-state index is 0.565. The number of hydrogen-bond acceptors (Lipinski definition) is 0. The predicted molar refractivity (Wildman–Crippen MR) is 48.0 cm³/mol. The van der Waals surface area contributed by atoms with Gasteiger partial charge in [0.1, 0.15) is 0 Å². The van der Waals surface area contributed by atoms with Gasteiger partial charge in [0, 0.05) is 0 Å². The van der Waals surface area contributed by atoms with E-state index in [-0.39, 0.29) is 0 Å². The minimum Gasteiger partial charge on any atom is -0.0995 e. The van der Waals surface area contributed by atoms with Gasteiger partial charge in [0.25, 0.3) is 0 Å². The van der Waals surface area contributed by atoms with Gasteiger partial charge in [-0.3, -0.25) is 0 Å². The molecule has 0 amide bonds. The monoisotopic (exact) mass is 138 g/mol. The molecule has 0 aliphatic carbocycles. The Bertz CT molecular complexity index is 140. The van der Waals surface area contributed by atoms with Crippen molar-refractivity contribution in [2.24, 2.45) is 5.92 Å². The summed E-state index contributed by atoms with van der Waals surface area (Å²) in [4.78, 5) is 0. The molecule has 10 heavy (non-hydrogen) atoms. The van der Waals surface area contributed by atoms with E-state index >= 15 is 0 Å². The van der Waals surface area contributed by atoms with Gasteiger partial charge in [-0.1, -0.05) is 37.6 Å². The van der Waals surface area contributed by atoms with Crippen molar-refractivity contribution in [1.82, 2.24) is 0 Å². The summed E-state index contributed by atoms with van der Waals surface area (Å²) in [5.41, 5.74) is 2.75. The Morgan fingerprint density at radius 2 is 2.10 bits per heavy atom. The van der Waals surface area contributed by atoms with E-state index in [1.165, 1.54) is 11.1 Å². The molecule has 0 aliphatic heterocycles. The van der Waals surface area contributed by atoms with E-state index in [2.05, 4.69) is 40.3 Å². The molecule has 1 unspecified atom stereocenters. The van der Waals surface area contributed by atoms with Crippen molar-refractivity contribution in [3.63, 3.8) is 0 Å². The van der Waals surface area contributed by atoms with Crippen molar-refractivity contribution in [2.75, 3.05) is 0 Å². The first-order valence-electron chi connectivity index (χ1n) is 3.93. The Kier molecular flexibility index (Phi) is 4.10. The van der Waals surface area contributed by atoms with Gasteiger partial charge in [-0.05, 0) is 26.2 Å². The Labute approximate surface area is 64.6 Å². The second-order valence-corrected chi connectivity index (χ2v) is 2.79. The lowest BCUT2D eigenvalue weighted by Crippen LogP contribution is -1.98. The molecule has 0 heterocycles. The molecule has 0 rings (SSSR count). The molecule has 0 N–H and O–H groups in total. The van der Waals surface area contributed by atoms with Crippen LogP contribution in [0.1, 0.15) is 34.1 Å². The molecule has 0 aromatic rings. The van der Waals surface area contributed by atoms with Crippen LogP contribution in [0.4, 0.5) is 0 Å². The molecule has 0 nitrogen and oxygen atoms in total. The van der Waals surface area contributed by atoms with Gasteiger partial charge >= 0.3 is 0 Å². The van der Waals surface area contributed by atoms with Crippen molar-refractivity contribution in [3.05, 3.63) is 23.8 Å². The highest BCUT2D eigenvalue weighted by atomic mass is 14.1. The van der Waals surface area contributed by atoms with Crippen LogP contribution in [0.15, 0.2) is 23.8 Å². The third-order valence-corrected chi connectivity index (χ3v) is 2.07. The van der Waals surface area contributed by atoms with E-state index in [9.17, 15) is 0 Å². The number of hydrogen-bond donors (Lipinski definition) is 0. The number of rotatable bonds is 3. The molecule has 58 valence electrons. The van der Waals surface area contributed by atoms with Crippen LogP contribution < -0.4 is 0 Å². The molecule has 0 aliphatic rings. The average molecular weight is 138 g/mol. The molecule has 0 fully saturated rings. The maximum Gasteiger partial charge on any atom is -0.00271 e. The van der Waals surface area contributed by atoms with Gasteiger partial charge in [-0.25, -0.2) is 0 Å². The molecule has 0 heteroatoms. The molecule has 0 aromatic carbocycles. The molecule has 0 saturated carbocycles. The summed E-state index contributed by atoms with van der Waals surface area (Å²) in [6.07, 6.45) is 3.34. The second kappa shape index (κ2) is 4.32. The first-order chi connectivity index (χ1) is 4.63. The van der Waals surface area contributed by atoms with Crippen LogP contribution in [-0.2, 0) is 0 Å². The molecule has 0 bridgehead atoms. The Balaban J connectivity index is 4.17. The summed E-state index contributed by atoms with van der Waals surface area (Å²) in [6, 6.07) is 0. The molecular weight excluding hydrogens is 120 g/mol. The Morgan fingerprint density at radius 1 is 1.60 bits per heavy atom. The highest BCUT2D eigenvalue weighted by Crippen LogP contribution is 2.20. The normalized spacial score (nSPS) is 15.0. The fourth-order valence-corrected chi connectivity index (χ4v) is 1.08. The maximum atomic E-state index is 3.93. The van der Waals surface area contributed by atoms with E-state index in [1.807, 2.05) is 0 Å². The Morgan fingerprint density at radius 3 is 2.20 bits per heavy atom. The van der Waals surface area contributed by atoms with Crippen molar-refractivity contribution < 1.29 is 0 Å². The van der Waals surface area contributed by atoms with Crippen molar-refractivity contribution in [3.8, 4) is 0 Å². The fourth-order valence-electron chi connectivity index (χ4n) is 1.08. The first kappa shape index (κ1) is 9.48. The molecule has 0 saturated heterocycles. The summed E-state index contributed by atoms with van der Waals surface area (Å²) in [7, 11) is 0. The highest BCUT2D eigenvalue weighted by Gasteiger charge is 2.04. The van der Waals surface area contributed by atoms with Gasteiger partial charge in [-0.15, -0.1) is 0 Å². The highest BCUT2D eigenvalue weighted by molar-refractivity contribution is 5.15. The van der Waals surface area contributed by atoms with Crippen molar-refractivity contribution >= 4 is 0 Å². The third-order valence-electron chi connectivity index (χ3n) is 2.07. The predicted octanol–water partition coefficient (Wildman–Crippen LogP) is 3.55. The topological polar surface area (TPSA) is 0 Å². The third kappa shape index (κ3) is 2.38. The van der Waals surface area contributed by atoms with Gasteiger partial charge in [0.15, 0.2) is 0 Å². The molecule has 0 radical (unpaired) electrons. The van der Waals surface area contributed by atoms with Crippen LogP contribution in [-0.4, -0.2) is 0 Å². The first-order valence-corrected chi connectivity index (χ1v) is 3.93. The number of allylic oxidation sites excluding steroid dienone is 3. The molecule has 0 aromatic heterocycles. The van der Waals surface area contributed by atoms with E-state index in [1.54, 1.807) is 0 Å². The second-order valence-electron chi connectivity index (χ2n) is 2.79. The quantitative estimate of drug-likeness (QED) is 0.523. The lowest BCUT2D eigenvalue weighted by molar-refractivity contribution is 0.761. The summed E-state index contributed by atoms with van der Waals surface area (Å²) in [6.45, 7) is 12.5. The smallest absolute Gasteiger partial charge is 0.00271 e. The van der Waals surface area contributed by atoms with Crippen LogP contribution in [0.3, 0.4) is 0 Å². The van der Waals surface area contributed by atoms with Crippen LogP contribution >= 0.6 is 0 Å². The van der Waals surface area contributed by atoms with E-state index in [0.29, 0.717) is 5.92 Å². The lowest BCUT2D eigenvalue weighted by atomic mass is 9.93. The maximum absolute atomic E-state index is 3.93. The zero-order chi connectivity index (χ0) is 8.15. The average Bonchev–Trinajstić information content (AvgIpc) is 1.90. The van der Waals surface area contributed by atoms with E-state index < -0.39 is 0 Å². The SMILES string of the molecule is C=C(C)C(C)C(=CC)CC. The van der Waals surface area contributed by atoms with Crippen molar-refractivity contribution in [1.29, 1.82) is 0 Å². The standard InChI is InChI=1S/C10H18/c1-6-10(7-2)9(5)8(3)4/h6,9H,3,7H2,1-2,4-5H3. The van der Waals surface area contributed by atoms with Gasteiger partial charge in [-0.2, -0.15) is 0 Å². The van der Waals surface area contributed by atoms with Gasteiger partial charge < -0.3 is 0 Å². The zero-order valence-electron chi connectivity index (χ0n) is 7.57. The van der Waals surface area contributed by atoms with Crippen LogP contribution in [0, 0.1) is 5.92 Å². The van der Waals surface area contributed by atoms with Gasteiger partial charge in [0.05, 0.1) is 0 Å². The Hall–Kier alpha value is -0.520. The summed E-state index contributed by atoms with van der Waals surface area (Å²) in [5, 5.41) is 0. The van der Waals surface area contributed by atoms with Crippen LogP contribution in [0.2, 0.25) is 0 Å². The zero-order valence-corrected chi connectivity index (χ0v) is 7.57. The largest absolute Gasteiger partial charge is 0.0995 e. The molecule has 0 spiro atoms. The summed E-state index contributed by atoms with van der Waals surface area (Å²) >= 11 is 0. The molecule has 1 atom stereocenters. The van der Waals surface area contributed by atoms with E-state index in [0.717, 1.165) is 6.42 Å². The summed E-state index contributed by atoms with van der Waals surface area (Å²) in [5.74, 6) is 0.565. The minimum atomic E-state index is 0.565. The van der Waals surface area contributed by atoms with Crippen LogP contribution in [0.25, 0.3) is 0 Å². The van der Waals surface area contributed by atoms with Crippen LogP contribution in [0.5, 0.6) is 0 Å². The van der Waals surface area contributed by atoms with E-state index in [4.69, 9.17) is 0 Å². The summed E-state index contributed by atoms with van der Waals surface area (Å²) < 4.78 is 0. The molecular formula is C10H18. The van der Waals surface area contributed by atoms with Crippen molar-refractivity contribution in [2.45, 2.75) is 34.1 Å². The van der Waals surface area contributed by atoms with Gasteiger partial charge in [0.2, 0.25) is 0 Å².